The second kappa shape index (κ2) is 4.87. The van der Waals surface area contributed by atoms with Crippen LogP contribution in [0.15, 0.2) is 36.7 Å². The van der Waals surface area contributed by atoms with E-state index in [4.69, 9.17) is 0 Å². The molecule has 0 aliphatic rings. The molecular formula is C12H12FN3O2. The van der Waals surface area contributed by atoms with Gasteiger partial charge in [-0.1, -0.05) is 0 Å². The fourth-order valence-electron chi connectivity index (χ4n) is 1.67. The Labute approximate surface area is 103 Å². The molecule has 0 saturated heterocycles. The minimum absolute atomic E-state index is 0.132. The largest absolute Gasteiger partial charge is 0.375 e. The Kier molecular flexibility index (Phi) is 3.27. The third-order valence-electron chi connectivity index (χ3n) is 2.53. The van der Waals surface area contributed by atoms with E-state index in [1.54, 1.807) is 0 Å². The van der Waals surface area contributed by atoms with Crippen molar-refractivity contribution in [2.45, 2.75) is 6.54 Å². The average molecular weight is 249 g/mol. The van der Waals surface area contributed by atoms with Gasteiger partial charge in [-0.2, -0.15) is 0 Å². The number of nitro groups is 1. The van der Waals surface area contributed by atoms with Crippen molar-refractivity contribution in [1.82, 2.24) is 4.57 Å². The molecule has 18 heavy (non-hydrogen) atoms. The van der Waals surface area contributed by atoms with E-state index in [2.05, 4.69) is 5.32 Å². The van der Waals surface area contributed by atoms with E-state index < -0.39 is 10.7 Å². The van der Waals surface area contributed by atoms with E-state index >= 15 is 0 Å². The van der Waals surface area contributed by atoms with Crippen LogP contribution in [0.3, 0.4) is 0 Å². The second-order valence-electron chi connectivity index (χ2n) is 3.96. The lowest BCUT2D eigenvalue weighted by Gasteiger charge is -2.06. The summed E-state index contributed by atoms with van der Waals surface area (Å²) in [4.78, 5) is 10.3. The SMILES string of the molecule is Cn1ccc(CNc2cc(F)ccc2[N+](=O)[O-])c1. The topological polar surface area (TPSA) is 60.1 Å². The van der Waals surface area contributed by atoms with Crippen molar-refractivity contribution in [3.8, 4) is 0 Å². The summed E-state index contributed by atoms with van der Waals surface area (Å²) in [5.41, 5.74) is 1.02. The first kappa shape index (κ1) is 12.1. The van der Waals surface area contributed by atoms with Gasteiger partial charge in [0.05, 0.1) is 4.92 Å². The molecule has 1 N–H and O–H groups in total. The summed E-state index contributed by atoms with van der Waals surface area (Å²) in [5, 5.41) is 13.7. The van der Waals surface area contributed by atoms with Crippen molar-refractivity contribution in [1.29, 1.82) is 0 Å². The fourth-order valence-corrected chi connectivity index (χ4v) is 1.67. The molecule has 2 aromatic rings. The molecule has 2 rings (SSSR count). The quantitative estimate of drug-likeness (QED) is 0.669. The summed E-state index contributed by atoms with van der Waals surface area (Å²) in [6.07, 6.45) is 3.76. The molecule has 0 amide bonds. The summed E-state index contributed by atoms with van der Waals surface area (Å²) in [6, 6.07) is 5.24. The Hall–Kier alpha value is -2.37. The van der Waals surface area contributed by atoms with E-state index in [-0.39, 0.29) is 11.4 Å². The van der Waals surface area contributed by atoms with Gasteiger partial charge in [-0.15, -0.1) is 0 Å². The summed E-state index contributed by atoms with van der Waals surface area (Å²) >= 11 is 0. The fraction of sp³-hybridized carbons (Fsp3) is 0.167. The third kappa shape index (κ3) is 2.65. The maximum atomic E-state index is 13.1. The molecular weight excluding hydrogens is 237 g/mol. The zero-order valence-corrected chi connectivity index (χ0v) is 9.76. The Morgan fingerprint density at radius 1 is 1.44 bits per heavy atom. The van der Waals surface area contributed by atoms with Crippen LogP contribution < -0.4 is 5.32 Å². The summed E-state index contributed by atoms with van der Waals surface area (Å²) in [5.74, 6) is -0.504. The highest BCUT2D eigenvalue weighted by Gasteiger charge is 2.13. The Bertz CT molecular complexity index is 580. The van der Waals surface area contributed by atoms with Crippen molar-refractivity contribution in [2.75, 3.05) is 5.32 Å². The zero-order chi connectivity index (χ0) is 13.1. The molecule has 1 heterocycles. The lowest BCUT2D eigenvalue weighted by Crippen LogP contribution is -2.02. The summed E-state index contributed by atoms with van der Waals surface area (Å²) in [7, 11) is 1.88. The molecule has 0 fully saturated rings. The van der Waals surface area contributed by atoms with Crippen LogP contribution >= 0.6 is 0 Å². The molecule has 0 unspecified atom stereocenters. The van der Waals surface area contributed by atoms with Crippen LogP contribution in [0.5, 0.6) is 0 Å². The number of aromatic nitrogens is 1. The second-order valence-corrected chi connectivity index (χ2v) is 3.96. The van der Waals surface area contributed by atoms with Gasteiger partial charge in [0.1, 0.15) is 11.5 Å². The molecule has 5 nitrogen and oxygen atoms in total. The van der Waals surface area contributed by atoms with Gasteiger partial charge in [-0.05, 0) is 17.7 Å². The first-order valence-corrected chi connectivity index (χ1v) is 5.35. The molecule has 0 aliphatic heterocycles. The van der Waals surface area contributed by atoms with E-state index in [0.29, 0.717) is 6.54 Å². The van der Waals surface area contributed by atoms with Crippen molar-refractivity contribution < 1.29 is 9.31 Å². The predicted molar refractivity (Wildman–Crippen MR) is 65.8 cm³/mol. The number of anilines is 1. The number of hydrogen-bond donors (Lipinski definition) is 1. The van der Waals surface area contributed by atoms with Gasteiger partial charge < -0.3 is 9.88 Å². The van der Waals surface area contributed by atoms with E-state index in [9.17, 15) is 14.5 Å². The molecule has 0 bridgehead atoms. The number of nitro benzene ring substituents is 1. The number of benzene rings is 1. The minimum atomic E-state index is -0.535. The number of hydrogen-bond acceptors (Lipinski definition) is 3. The standard InChI is InChI=1S/C12H12FN3O2/c1-15-5-4-9(8-15)7-14-11-6-10(13)2-3-12(11)16(17)18/h2-6,8,14H,7H2,1H3. The molecule has 1 aromatic heterocycles. The van der Waals surface area contributed by atoms with Gasteiger partial charge in [-0.3, -0.25) is 10.1 Å². The first-order valence-electron chi connectivity index (χ1n) is 5.35. The number of nitrogens with one attached hydrogen (secondary N) is 1. The van der Waals surface area contributed by atoms with Crippen LogP contribution in [-0.4, -0.2) is 9.49 Å². The van der Waals surface area contributed by atoms with Gasteiger partial charge in [0.2, 0.25) is 0 Å². The van der Waals surface area contributed by atoms with Gasteiger partial charge in [0, 0.05) is 38.1 Å². The number of rotatable bonds is 4. The highest BCUT2D eigenvalue weighted by molar-refractivity contribution is 5.61. The van der Waals surface area contributed by atoms with Gasteiger partial charge in [-0.25, -0.2) is 4.39 Å². The predicted octanol–water partition coefficient (Wildman–Crippen LogP) is 2.68. The van der Waals surface area contributed by atoms with E-state index in [1.807, 2.05) is 30.1 Å². The average Bonchev–Trinajstić information content (AvgIpc) is 2.72. The number of aryl methyl sites for hydroxylation is 1. The van der Waals surface area contributed by atoms with Crippen LogP contribution in [0.4, 0.5) is 15.8 Å². The molecule has 0 spiro atoms. The molecule has 0 radical (unpaired) electrons. The van der Waals surface area contributed by atoms with Crippen molar-refractivity contribution in [3.63, 3.8) is 0 Å². The lowest BCUT2D eigenvalue weighted by molar-refractivity contribution is -0.384. The monoisotopic (exact) mass is 249 g/mol. The highest BCUT2D eigenvalue weighted by atomic mass is 19.1. The van der Waals surface area contributed by atoms with E-state index in [0.717, 1.165) is 23.8 Å². The Balaban J connectivity index is 2.17. The molecule has 1 aromatic carbocycles. The van der Waals surface area contributed by atoms with Crippen molar-refractivity contribution >= 4 is 11.4 Å². The van der Waals surface area contributed by atoms with Crippen molar-refractivity contribution in [2.24, 2.45) is 7.05 Å². The highest BCUT2D eigenvalue weighted by Crippen LogP contribution is 2.25. The molecule has 0 aliphatic carbocycles. The molecule has 6 heteroatoms. The zero-order valence-electron chi connectivity index (χ0n) is 9.76. The lowest BCUT2D eigenvalue weighted by atomic mass is 10.2. The van der Waals surface area contributed by atoms with Crippen LogP contribution in [0.25, 0.3) is 0 Å². The number of nitrogens with zero attached hydrogens (tertiary/aromatic N) is 2. The van der Waals surface area contributed by atoms with Crippen LogP contribution in [-0.2, 0) is 13.6 Å². The van der Waals surface area contributed by atoms with Crippen molar-refractivity contribution in [3.05, 3.63) is 58.2 Å². The maximum Gasteiger partial charge on any atom is 0.292 e. The smallest absolute Gasteiger partial charge is 0.292 e. The summed E-state index contributed by atoms with van der Waals surface area (Å²) in [6.45, 7) is 0.408. The first-order chi connectivity index (χ1) is 8.56. The van der Waals surface area contributed by atoms with Crippen LogP contribution in [0.2, 0.25) is 0 Å². The van der Waals surface area contributed by atoms with Crippen LogP contribution in [0.1, 0.15) is 5.56 Å². The molecule has 0 atom stereocenters. The van der Waals surface area contributed by atoms with Gasteiger partial charge >= 0.3 is 0 Å². The summed E-state index contributed by atoms with van der Waals surface area (Å²) < 4.78 is 14.9. The minimum Gasteiger partial charge on any atom is -0.375 e. The van der Waals surface area contributed by atoms with Crippen LogP contribution in [0, 0.1) is 15.9 Å². The molecule has 0 saturated carbocycles. The van der Waals surface area contributed by atoms with E-state index in [1.165, 1.54) is 0 Å². The number of halogens is 1. The Morgan fingerprint density at radius 2 is 2.22 bits per heavy atom. The van der Waals surface area contributed by atoms with Gasteiger partial charge in [0.25, 0.3) is 5.69 Å². The molecule has 94 valence electrons. The Morgan fingerprint density at radius 3 is 2.83 bits per heavy atom. The normalized spacial score (nSPS) is 10.3. The maximum absolute atomic E-state index is 13.1. The van der Waals surface area contributed by atoms with Gasteiger partial charge in [0.15, 0.2) is 0 Å². The third-order valence-corrected chi connectivity index (χ3v) is 2.53.